The Labute approximate surface area is 86.4 Å². The number of nitrogens with one attached hydrogen (secondary N) is 1. The molecule has 0 saturated carbocycles. The van der Waals surface area contributed by atoms with Gasteiger partial charge in [-0.05, 0) is 44.1 Å². The first-order chi connectivity index (χ1) is 6.33. The quantitative estimate of drug-likeness (QED) is 0.683. The van der Waals surface area contributed by atoms with E-state index in [1.807, 2.05) is 6.08 Å². The maximum atomic E-state index is 3.75. The van der Waals surface area contributed by atoms with Crippen molar-refractivity contribution in [3.63, 3.8) is 0 Å². The summed E-state index contributed by atoms with van der Waals surface area (Å²) in [5, 5.41) is 3.69. The lowest BCUT2D eigenvalue weighted by Gasteiger charge is -2.26. The summed E-state index contributed by atoms with van der Waals surface area (Å²) in [5.41, 5.74) is 0. The minimum Gasteiger partial charge on any atom is -0.311 e. The molecular formula is C11H21NS. The lowest BCUT2D eigenvalue weighted by atomic mass is 10.1. The van der Waals surface area contributed by atoms with Gasteiger partial charge >= 0.3 is 0 Å². The summed E-state index contributed by atoms with van der Waals surface area (Å²) in [6.07, 6.45) is 7.07. The van der Waals surface area contributed by atoms with E-state index in [1.165, 1.54) is 30.8 Å². The molecule has 76 valence electrons. The molecule has 1 fully saturated rings. The van der Waals surface area contributed by atoms with Crippen molar-refractivity contribution in [3.8, 4) is 0 Å². The number of allylic oxidation sites excluding steroid dienone is 1. The van der Waals surface area contributed by atoms with Gasteiger partial charge in [-0.2, -0.15) is 11.8 Å². The lowest BCUT2D eigenvalue weighted by Crippen LogP contribution is -2.38. The highest BCUT2D eigenvalue weighted by Crippen LogP contribution is 2.17. The molecule has 1 rings (SSSR count). The van der Waals surface area contributed by atoms with Crippen LogP contribution in [0, 0.1) is 0 Å². The molecule has 2 heteroatoms. The van der Waals surface area contributed by atoms with Crippen LogP contribution in [-0.2, 0) is 0 Å². The monoisotopic (exact) mass is 199 g/mol. The summed E-state index contributed by atoms with van der Waals surface area (Å²) in [5.74, 6) is 2.68. The molecule has 1 saturated heterocycles. The van der Waals surface area contributed by atoms with Crippen LogP contribution < -0.4 is 5.32 Å². The largest absolute Gasteiger partial charge is 0.311 e. The third kappa shape index (κ3) is 4.72. The van der Waals surface area contributed by atoms with E-state index in [-0.39, 0.29) is 0 Å². The topological polar surface area (TPSA) is 12.0 Å². The van der Waals surface area contributed by atoms with Gasteiger partial charge in [0, 0.05) is 12.1 Å². The smallest absolute Gasteiger partial charge is 0.00852 e. The molecular weight excluding hydrogens is 178 g/mol. The molecule has 1 nitrogen and oxygen atoms in total. The summed E-state index contributed by atoms with van der Waals surface area (Å²) in [6.45, 7) is 6.03. The molecule has 1 heterocycles. The Balaban J connectivity index is 2.10. The van der Waals surface area contributed by atoms with Gasteiger partial charge in [-0.1, -0.05) is 6.08 Å². The van der Waals surface area contributed by atoms with Crippen molar-refractivity contribution in [2.24, 2.45) is 0 Å². The zero-order valence-corrected chi connectivity index (χ0v) is 9.41. The highest BCUT2D eigenvalue weighted by molar-refractivity contribution is 7.99. The molecule has 0 spiro atoms. The van der Waals surface area contributed by atoms with E-state index in [0.717, 1.165) is 12.5 Å². The highest BCUT2D eigenvalue weighted by Gasteiger charge is 2.14. The second-order valence-corrected chi connectivity index (χ2v) is 5.05. The van der Waals surface area contributed by atoms with Gasteiger partial charge in [-0.3, -0.25) is 0 Å². The fourth-order valence-electron chi connectivity index (χ4n) is 1.72. The normalized spacial score (nSPS) is 21.3. The maximum Gasteiger partial charge on any atom is 0.00852 e. The van der Waals surface area contributed by atoms with E-state index in [1.54, 1.807) is 0 Å². The van der Waals surface area contributed by atoms with Crippen LogP contribution >= 0.6 is 11.8 Å². The molecule has 0 amide bonds. The average molecular weight is 199 g/mol. The fourth-order valence-corrected chi connectivity index (χ4v) is 2.82. The Morgan fingerprint density at radius 2 is 2.23 bits per heavy atom. The number of hydrogen-bond acceptors (Lipinski definition) is 2. The van der Waals surface area contributed by atoms with E-state index >= 15 is 0 Å². The van der Waals surface area contributed by atoms with Crippen LogP contribution in [0.5, 0.6) is 0 Å². The summed E-state index contributed by atoms with van der Waals surface area (Å²) in [6, 6.07) is 1.44. The van der Waals surface area contributed by atoms with Gasteiger partial charge in [0.05, 0.1) is 0 Å². The maximum absolute atomic E-state index is 3.75. The van der Waals surface area contributed by atoms with Crippen LogP contribution in [0.15, 0.2) is 12.7 Å². The van der Waals surface area contributed by atoms with Crippen LogP contribution in [-0.4, -0.2) is 23.6 Å². The first-order valence-corrected chi connectivity index (χ1v) is 6.43. The zero-order valence-electron chi connectivity index (χ0n) is 8.59. The highest BCUT2D eigenvalue weighted by atomic mass is 32.2. The molecule has 0 bridgehead atoms. The van der Waals surface area contributed by atoms with E-state index in [2.05, 4.69) is 30.6 Å². The van der Waals surface area contributed by atoms with Crippen LogP contribution in [0.2, 0.25) is 0 Å². The van der Waals surface area contributed by atoms with E-state index in [9.17, 15) is 0 Å². The Morgan fingerprint density at radius 3 is 2.85 bits per heavy atom. The number of thioether (sulfide) groups is 1. The second kappa shape index (κ2) is 6.50. The van der Waals surface area contributed by atoms with Gasteiger partial charge in [0.1, 0.15) is 0 Å². The molecule has 0 aromatic carbocycles. The zero-order chi connectivity index (χ0) is 9.52. The van der Waals surface area contributed by atoms with Crippen molar-refractivity contribution in [1.29, 1.82) is 0 Å². The van der Waals surface area contributed by atoms with Crippen molar-refractivity contribution in [1.82, 2.24) is 5.32 Å². The summed E-state index contributed by atoms with van der Waals surface area (Å²) >= 11 is 2.09. The number of rotatable bonds is 5. The van der Waals surface area contributed by atoms with Gasteiger partial charge in [-0.25, -0.2) is 0 Å². The predicted octanol–water partition coefficient (Wildman–Crippen LogP) is 2.83. The van der Waals surface area contributed by atoms with Gasteiger partial charge < -0.3 is 5.32 Å². The summed E-state index contributed by atoms with van der Waals surface area (Å²) in [7, 11) is 0. The third-order valence-corrected chi connectivity index (χ3v) is 3.59. The van der Waals surface area contributed by atoms with Crippen LogP contribution in [0.3, 0.4) is 0 Å². The first kappa shape index (κ1) is 11.1. The minimum atomic E-state index is 0.658. The molecule has 0 aliphatic carbocycles. The number of hydrogen-bond donors (Lipinski definition) is 1. The third-order valence-electron chi connectivity index (χ3n) is 2.55. The predicted molar refractivity (Wildman–Crippen MR) is 62.4 cm³/mol. The van der Waals surface area contributed by atoms with Gasteiger partial charge in [-0.15, -0.1) is 6.58 Å². The van der Waals surface area contributed by atoms with Crippen molar-refractivity contribution in [2.45, 2.75) is 44.7 Å². The first-order valence-electron chi connectivity index (χ1n) is 5.27. The average Bonchev–Trinajstić information content (AvgIpc) is 2.16. The van der Waals surface area contributed by atoms with Crippen LogP contribution in [0.4, 0.5) is 0 Å². The van der Waals surface area contributed by atoms with Crippen molar-refractivity contribution in [3.05, 3.63) is 12.7 Å². The van der Waals surface area contributed by atoms with Crippen molar-refractivity contribution < 1.29 is 0 Å². The van der Waals surface area contributed by atoms with Gasteiger partial charge in [0.15, 0.2) is 0 Å². The van der Waals surface area contributed by atoms with E-state index in [4.69, 9.17) is 0 Å². The molecule has 1 atom stereocenters. The molecule has 1 aliphatic heterocycles. The Morgan fingerprint density at radius 1 is 1.54 bits per heavy atom. The Hall–Kier alpha value is 0.0500. The lowest BCUT2D eigenvalue weighted by molar-refractivity contribution is 0.409. The Bertz CT molecular complexity index is 141. The summed E-state index contributed by atoms with van der Waals surface area (Å²) in [4.78, 5) is 0. The molecule has 1 N–H and O–H groups in total. The van der Waals surface area contributed by atoms with Crippen LogP contribution in [0.1, 0.15) is 32.6 Å². The molecule has 1 unspecified atom stereocenters. The second-order valence-electron chi connectivity index (χ2n) is 3.82. The molecule has 1 aliphatic rings. The molecule has 0 aromatic heterocycles. The molecule has 0 radical (unpaired) electrons. The van der Waals surface area contributed by atoms with Crippen molar-refractivity contribution in [2.75, 3.05) is 11.5 Å². The van der Waals surface area contributed by atoms with Gasteiger partial charge in [0.25, 0.3) is 0 Å². The van der Waals surface area contributed by atoms with Crippen LogP contribution in [0.25, 0.3) is 0 Å². The molecule has 0 aromatic rings. The fraction of sp³-hybridized carbons (Fsp3) is 0.818. The van der Waals surface area contributed by atoms with Gasteiger partial charge in [0.2, 0.25) is 0 Å². The standard InChI is InChI=1S/C11H21NS/c1-3-4-5-10(2)12-11-6-8-13-9-7-11/h3,10-12H,1,4-9H2,2H3. The minimum absolute atomic E-state index is 0.658. The van der Waals surface area contributed by atoms with E-state index in [0.29, 0.717) is 6.04 Å². The van der Waals surface area contributed by atoms with Crippen molar-refractivity contribution >= 4 is 11.8 Å². The van der Waals surface area contributed by atoms with E-state index < -0.39 is 0 Å². The molecule has 13 heavy (non-hydrogen) atoms. The Kier molecular flexibility index (Phi) is 5.56. The SMILES string of the molecule is C=CCCC(C)NC1CCSCC1. The summed E-state index contributed by atoms with van der Waals surface area (Å²) < 4.78 is 0.